The second kappa shape index (κ2) is 5.28. The van der Waals surface area contributed by atoms with Gasteiger partial charge in [0.05, 0.1) is 16.8 Å². The maximum atomic E-state index is 12.2. The van der Waals surface area contributed by atoms with Gasteiger partial charge in [-0.1, -0.05) is 55.5 Å². The molecule has 0 amide bonds. The Morgan fingerprint density at radius 2 is 1.67 bits per heavy atom. The van der Waals surface area contributed by atoms with Gasteiger partial charge in [-0.2, -0.15) is 0 Å². The zero-order valence-corrected chi connectivity index (χ0v) is 12.6. The summed E-state index contributed by atoms with van der Waals surface area (Å²) in [6, 6.07) is 16.5. The average Bonchev–Trinajstić information content (AvgIpc) is 2.79. The van der Waals surface area contributed by atoms with E-state index in [1.54, 1.807) is 12.1 Å². The van der Waals surface area contributed by atoms with E-state index in [9.17, 15) is 13.5 Å². The molecule has 2 aromatic rings. The highest BCUT2D eigenvalue weighted by Gasteiger charge is 2.39. The van der Waals surface area contributed by atoms with Crippen molar-refractivity contribution in [1.82, 2.24) is 0 Å². The van der Waals surface area contributed by atoms with Crippen LogP contribution in [0, 0.1) is 5.92 Å². The van der Waals surface area contributed by atoms with Crippen molar-refractivity contribution in [1.29, 1.82) is 0 Å². The van der Waals surface area contributed by atoms with Gasteiger partial charge in [-0.15, -0.1) is 0 Å². The van der Waals surface area contributed by atoms with Gasteiger partial charge in [0.1, 0.15) is 0 Å². The number of hydrogen-bond acceptors (Lipinski definition) is 3. The van der Waals surface area contributed by atoms with Crippen molar-refractivity contribution < 1.29 is 13.5 Å². The molecule has 0 saturated heterocycles. The Kier molecular flexibility index (Phi) is 3.59. The summed E-state index contributed by atoms with van der Waals surface area (Å²) < 4.78 is 24.5. The number of rotatable bonds is 3. The quantitative estimate of drug-likeness (QED) is 0.948. The molecule has 1 N–H and O–H groups in total. The molecule has 1 aliphatic rings. The van der Waals surface area contributed by atoms with Gasteiger partial charge in [-0.05, 0) is 23.1 Å². The lowest BCUT2D eigenvalue weighted by atomic mass is 9.83. The van der Waals surface area contributed by atoms with Crippen molar-refractivity contribution in [2.75, 3.05) is 5.75 Å². The standard InChI is InChI=1S/C17H18O3S/c1-12(17(18)13-7-3-2-4-8-13)15-11-21(19,20)16-10-6-5-9-14(15)16/h2-10,12,15,17-18H,11H2,1H3. The number of aliphatic hydroxyl groups excluding tert-OH is 1. The number of benzene rings is 2. The molecular weight excluding hydrogens is 284 g/mol. The van der Waals surface area contributed by atoms with Crippen LogP contribution in [0.3, 0.4) is 0 Å². The fourth-order valence-electron chi connectivity index (χ4n) is 3.09. The zero-order valence-electron chi connectivity index (χ0n) is 11.8. The minimum atomic E-state index is -3.23. The van der Waals surface area contributed by atoms with Crippen molar-refractivity contribution in [3.05, 3.63) is 65.7 Å². The minimum absolute atomic E-state index is 0.0808. The van der Waals surface area contributed by atoms with Crippen LogP contribution >= 0.6 is 0 Å². The molecule has 2 aromatic carbocycles. The molecule has 0 fully saturated rings. The van der Waals surface area contributed by atoms with Crippen molar-refractivity contribution in [3.63, 3.8) is 0 Å². The molecule has 0 bridgehead atoms. The highest BCUT2D eigenvalue weighted by Crippen LogP contribution is 2.43. The molecule has 3 unspecified atom stereocenters. The van der Waals surface area contributed by atoms with Gasteiger partial charge in [0.2, 0.25) is 0 Å². The highest BCUT2D eigenvalue weighted by molar-refractivity contribution is 7.91. The van der Waals surface area contributed by atoms with Crippen LogP contribution in [-0.2, 0) is 9.84 Å². The Morgan fingerprint density at radius 1 is 1.05 bits per heavy atom. The van der Waals surface area contributed by atoms with Crippen LogP contribution in [0.5, 0.6) is 0 Å². The fourth-order valence-corrected chi connectivity index (χ4v) is 5.09. The smallest absolute Gasteiger partial charge is 0.179 e. The number of hydrogen-bond donors (Lipinski definition) is 1. The summed E-state index contributed by atoms with van der Waals surface area (Å²) in [6.45, 7) is 1.92. The molecule has 0 aromatic heterocycles. The van der Waals surface area contributed by atoms with E-state index in [0.29, 0.717) is 4.90 Å². The van der Waals surface area contributed by atoms with Gasteiger partial charge < -0.3 is 5.11 Å². The molecule has 1 aliphatic heterocycles. The van der Waals surface area contributed by atoms with E-state index in [2.05, 4.69) is 0 Å². The van der Waals surface area contributed by atoms with Gasteiger partial charge in [-0.25, -0.2) is 8.42 Å². The molecule has 21 heavy (non-hydrogen) atoms. The van der Waals surface area contributed by atoms with Crippen molar-refractivity contribution in [2.24, 2.45) is 5.92 Å². The molecule has 0 aliphatic carbocycles. The predicted molar refractivity (Wildman–Crippen MR) is 81.8 cm³/mol. The zero-order chi connectivity index (χ0) is 15.0. The second-order valence-electron chi connectivity index (χ2n) is 5.64. The Bertz CT molecular complexity index is 738. The van der Waals surface area contributed by atoms with E-state index >= 15 is 0 Å². The first kappa shape index (κ1) is 14.3. The molecule has 0 radical (unpaired) electrons. The summed E-state index contributed by atoms with van der Waals surface area (Å²) in [5.74, 6) is -0.246. The summed E-state index contributed by atoms with van der Waals surface area (Å²) in [5.41, 5.74) is 1.66. The van der Waals surface area contributed by atoms with Crippen molar-refractivity contribution >= 4 is 9.84 Å². The first-order chi connectivity index (χ1) is 10.0. The lowest BCUT2D eigenvalue weighted by Gasteiger charge is -2.25. The van der Waals surface area contributed by atoms with Crippen molar-refractivity contribution in [3.8, 4) is 0 Å². The Labute approximate surface area is 125 Å². The Hall–Kier alpha value is -1.65. The fraction of sp³-hybridized carbons (Fsp3) is 0.294. The first-order valence-electron chi connectivity index (χ1n) is 7.05. The van der Waals surface area contributed by atoms with Gasteiger partial charge in [0, 0.05) is 5.92 Å². The highest BCUT2D eigenvalue weighted by atomic mass is 32.2. The third kappa shape index (κ3) is 2.49. The van der Waals surface area contributed by atoms with Crippen LogP contribution in [0.15, 0.2) is 59.5 Å². The normalized spacial score (nSPS) is 22.5. The van der Waals surface area contributed by atoms with E-state index in [4.69, 9.17) is 0 Å². The summed E-state index contributed by atoms with van der Waals surface area (Å²) in [6.07, 6.45) is -0.669. The van der Waals surface area contributed by atoms with Gasteiger partial charge in [0.15, 0.2) is 9.84 Å². The largest absolute Gasteiger partial charge is 0.388 e. The van der Waals surface area contributed by atoms with Crippen LogP contribution < -0.4 is 0 Å². The third-order valence-electron chi connectivity index (χ3n) is 4.33. The second-order valence-corrected chi connectivity index (χ2v) is 7.64. The number of aliphatic hydroxyl groups is 1. The molecule has 0 spiro atoms. The van der Waals surface area contributed by atoms with Crippen molar-refractivity contribution in [2.45, 2.75) is 23.8 Å². The summed E-state index contributed by atoms with van der Waals surface area (Å²) in [5, 5.41) is 10.6. The summed E-state index contributed by atoms with van der Waals surface area (Å²) in [7, 11) is -3.23. The SMILES string of the molecule is CC(C(O)c1ccccc1)C1CS(=O)(=O)c2ccccc21. The molecule has 110 valence electrons. The van der Waals surface area contributed by atoms with E-state index in [1.807, 2.05) is 49.4 Å². The summed E-state index contributed by atoms with van der Waals surface area (Å²) >= 11 is 0. The van der Waals surface area contributed by atoms with Crippen LogP contribution in [0.25, 0.3) is 0 Å². The van der Waals surface area contributed by atoms with Crippen LogP contribution in [0.2, 0.25) is 0 Å². The first-order valence-corrected chi connectivity index (χ1v) is 8.70. The van der Waals surface area contributed by atoms with E-state index < -0.39 is 15.9 Å². The molecule has 3 nitrogen and oxygen atoms in total. The minimum Gasteiger partial charge on any atom is -0.388 e. The predicted octanol–water partition coefficient (Wildman–Crippen LogP) is 2.93. The van der Waals surface area contributed by atoms with E-state index in [0.717, 1.165) is 11.1 Å². The molecule has 1 heterocycles. The maximum absolute atomic E-state index is 12.2. The molecule has 0 saturated carbocycles. The van der Waals surface area contributed by atoms with E-state index in [1.165, 1.54) is 0 Å². The average molecular weight is 302 g/mol. The third-order valence-corrected chi connectivity index (χ3v) is 6.17. The maximum Gasteiger partial charge on any atom is 0.179 e. The monoisotopic (exact) mass is 302 g/mol. The van der Waals surface area contributed by atoms with Crippen LogP contribution in [0.4, 0.5) is 0 Å². The molecule has 3 rings (SSSR count). The molecule has 4 heteroatoms. The van der Waals surface area contributed by atoms with Gasteiger partial charge >= 0.3 is 0 Å². The topological polar surface area (TPSA) is 54.4 Å². The van der Waals surface area contributed by atoms with Gasteiger partial charge in [-0.3, -0.25) is 0 Å². The molecular formula is C17H18O3S. The molecule has 3 atom stereocenters. The lowest BCUT2D eigenvalue weighted by molar-refractivity contribution is 0.106. The van der Waals surface area contributed by atoms with Crippen LogP contribution in [0.1, 0.15) is 30.1 Å². The van der Waals surface area contributed by atoms with Crippen LogP contribution in [-0.4, -0.2) is 19.3 Å². The Balaban J connectivity index is 1.95. The number of fused-ring (bicyclic) bond motifs is 1. The van der Waals surface area contributed by atoms with Gasteiger partial charge in [0.25, 0.3) is 0 Å². The Morgan fingerprint density at radius 3 is 2.38 bits per heavy atom. The lowest BCUT2D eigenvalue weighted by Crippen LogP contribution is -2.19. The van der Waals surface area contributed by atoms with E-state index in [-0.39, 0.29) is 17.6 Å². The summed E-state index contributed by atoms with van der Waals surface area (Å²) in [4.78, 5) is 0.419. The number of sulfone groups is 1.